The number of carbonyl (C=O) groups excluding carboxylic acids is 1. The van der Waals surface area contributed by atoms with Gasteiger partial charge in [-0.25, -0.2) is 4.98 Å². The van der Waals surface area contributed by atoms with Crippen LogP contribution in [-0.2, 0) is 9.53 Å². The van der Waals surface area contributed by atoms with Gasteiger partial charge in [0.1, 0.15) is 0 Å². The Labute approximate surface area is 183 Å². The summed E-state index contributed by atoms with van der Waals surface area (Å²) in [5.74, 6) is 1.23. The highest BCUT2D eigenvalue weighted by Gasteiger charge is 2.20. The molecule has 1 saturated heterocycles. The Kier molecular flexibility index (Phi) is 6.43. The number of methoxy groups -OCH3 is 2. The van der Waals surface area contributed by atoms with Gasteiger partial charge < -0.3 is 19.1 Å². The SMILES string of the molecule is COc1ccc(-n2c(SCC(=O)N3CCOCC3)nc3ccccc3c2=O)cc1OC. The number of thioether (sulfide) groups is 1. The van der Waals surface area contributed by atoms with Gasteiger partial charge in [-0.3, -0.25) is 14.2 Å². The Morgan fingerprint density at radius 1 is 1.10 bits per heavy atom. The molecule has 0 unspecified atom stereocenters. The first kappa shape index (κ1) is 21.2. The zero-order valence-corrected chi connectivity index (χ0v) is 18.2. The molecule has 4 rings (SSSR count). The van der Waals surface area contributed by atoms with Gasteiger partial charge in [0, 0.05) is 19.2 Å². The van der Waals surface area contributed by atoms with Gasteiger partial charge in [0.2, 0.25) is 5.91 Å². The van der Waals surface area contributed by atoms with E-state index in [1.165, 1.54) is 16.3 Å². The number of carbonyl (C=O) groups is 1. The van der Waals surface area contributed by atoms with Gasteiger partial charge in [-0.15, -0.1) is 0 Å². The number of amides is 1. The molecule has 0 spiro atoms. The van der Waals surface area contributed by atoms with Gasteiger partial charge in [-0.1, -0.05) is 23.9 Å². The Morgan fingerprint density at radius 3 is 2.58 bits per heavy atom. The minimum atomic E-state index is -0.209. The van der Waals surface area contributed by atoms with Crippen molar-refractivity contribution < 1.29 is 19.0 Å². The fourth-order valence-electron chi connectivity index (χ4n) is 3.43. The normalized spacial score (nSPS) is 13.9. The fourth-order valence-corrected chi connectivity index (χ4v) is 4.35. The molecule has 0 radical (unpaired) electrons. The van der Waals surface area contributed by atoms with Crippen molar-refractivity contribution >= 4 is 28.6 Å². The molecule has 1 aliphatic rings. The van der Waals surface area contributed by atoms with Crippen molar-refractivity contribution in [2.24, 2.45) is 0 Å². The topological polar surface area (TPSA) is 82.9 Å². The van der Waals surface area contributed by atoms with E-state index in [9.17, 15) is 9.59 Å². The number of aromatic nitrogens is 2. The van der Waals surface area contributed by atoms with E-state index in [-0.39, 0.29) is 17.2 Å². The van der Waals surface area contributed by atoms with Crippen molar-refractivity contribution in [3.63, 3.8) is 0 Å². The number of para-hydroxylation sites is 1. The van der Waals surface area contributed by atoms with E-state index in [0.29, 0.717) is 59.5 Å². The molecule has 3 aromatic rings. The molecule has 1 fully saturated rings. The first-order chi connectivity index (χ1) is 15.1. The molecule has 0 aliphatic carbocycles. The maximum atomic E-state index is 13.4. The summed E-state index contributed by atoms with van der Waals surface area (Å²) in [5, 5.41) is 0.943. The van der Waals surface area contributed by atoms with Crippen molar-refractivity contribution in [3.05, 3.63) is 52.8 Å². The van der Waals surface area contributed by atoms with Crippen LogP contribution in [0.3, 0.4) is 0 Å². The third-order valence-electron chi connectivity index (χ3n) is 5.06. The van der Waals surface area contributed by atoms with Crippen LogP contribution >= 0.6 is 11.8 Å². The van der Waals surface area contributed by atoms with E-state index in [0.717, 1.165) is 0 Å². The monoisotopic (exact) mass is 441 g/mol. The summed E-state index contributed by atoms with van der Waals surface area (Å²) in [6, 6.07) is 12.4. The fraction of sp³-hybridized carbons (Fsp3) is 0.318. The van der Waals surface area contributed by atoms with E-state index in [1.54, 1.807) is 55.5 Å². The van der Waals surface area contributed by atoms with E-state index < -0.39 is 0 Å². The molecule has 0 atom stereocenters. The van der Waals surface area contributed by atoms with Crippen LogP contribution in [-0.4, -0.2) is 66.6 Å². The molecular formula is C22H23N3O5S. The highest BCUT2D eigenvalue weighted by molar-refractivity contribution is 7.99. The van der Waals surface area contributed by atoms with Crippen LogP contribution < -0.4 is 15.0 Å². The average Bonchev–Trinajstić information content (AvgIpc) is 2.82. The number of hydrogen-bond donors (Lipinski definition) is 0. The van der Waals surface area contributed by atoms with Crippen LogP contribution in [0.5, 0.6) is 11.5 Å². The number of hydrogen-bond acceptors (Lipinski definition) is 7. The van der Waals surface area contributed by atoms with Gasteiger partial charge in [-0.05, 0) is 24.3 Å². The minimum Gasteiger partial charge on any atom is -0.493 e. The lowest BCUT2D eigenvalue weighted by molar-refractivity contribution is -0.132. The average molecular weight is 442 g/mol. The standard InChI is InChI=1S/C22H23N3O5S/c1-28-18-8-7-15(13-19(18)29-2)25-21(27)16-5-3-4-6-17(16)23-22(25)31-14-20(26)24-9-11-30-12-10-24/h3-8,13H,9-12,14H2,1-2H3. The molecule has 0 saturated carbocycles. The Balaban J connectivity index is 1.75. The van der Waals surface area contributed by atoms with E-state index in [4.69, 9.17) is 14.2 Å². The molecule has 1 amide bonds. The molecular weight excluding hydrogens is 418 g/mol. The van der Waals surface area contributed by atoms with Crippen LogP contribution in [0, 0.1) is 0 Å². The van der Waals surface area contributed by atoms with Gasteiger partial charge in [0.25, 0.3) is 5.56 Å². The molecule has 2 aromatic carbocycles. The zero-order valence-electron chi connectivity index (χ0n) is 17.4. The summed E-state index contributed by atoms with van der Waals surface area (Å²) in [6.45, 7) is 2.24. The molecule has 0 bridgehead atoms. The first-order valence-electron chi connectivity index (χ1n) is 9.85. The van der Waals surface area contributed by atoms with Crippen molar-refractivity contribution in [1.82, 2.24) is 14.5 Å². The van der Waals surface area contributed by atoms with Crippen LogP contribution in [0.1, 0.15) is 0 Å². The van der Waals surface area contributed by atoms with Gasteiger partial charge >= 0.3 is 0 Å². The Morgan fingerprint density at radius 2 is 1.84 bits per heavy atom. The largest absolute Gasteiger partial charge is 0.493 e. The summed E-state index contributed by atoms with van der Waals surface area (Å²) in [4.78, 5) is 32.5. The molecule has 1 aromatic heterocycles. The van der Waals surface area contributed by atoms with Crippen molar-refractivity contribution in [2.75, 3.05) is 46.3 Å². The lowest BCUT2D eigenvalue weighted by Crippen LogP contribution is -2.41. The molecule has 2 heterocycles. The maximum absolute atomic E-state index is 13.4. The van der Waals surface area contributed by atoms with Gasteiger partial charge in [-0.2, -0.15) is 0 Å². The third kappa shape index (κ3) is 4.38. The van der Waals surface area contributed by atoms with Crippen molar-refractivity contribution in [3.8, 4) is 17.2 Å². The van der Waals surface area contributed by atoms with Crippen LogP contribution in [0.15, 0.2) is 52.4 Å². The summed E-state index contributed by atoms with van der Waals surface area (Å²) in [6.07, 6.45) is 0. The molecule has 162 valence electrons. The van der Waals surface area contributed by atoms with Crippen LogP contribution in [0.25, 0.3) is 16.6 Å². The summed E-state index contributed by atoms with van der Waals surface area (Å²) >= 11 is 1.24. The van der Waals surface area contributed by atoms with Crippen LogP contribution in [0.4, 0.5) is 0 Å². The first-order valence-corrected chi connectivity index (χ1v) is 10.8. The maximum Gasteiger partial charge on any atom is 0.266 e. The predicted molar refractivity (Wildman–Crippen MR) is 119 cm³/mol. The van der Waals surface area contributed by atoms with E-state index >= 15 is 0 Å². The summed E-state index contributed by atoms with van der Waals surface area (Å²) in [7, 11) is 3.10. The minimum absolute atomic E-state index is 0.00503. The number of rotatable bonds is 6. The lowest BCUT2D eigenvalue weighted by Gasteiger charge is -2.26. The van der Waals surface area contributed by atoms with E-state index in [2.05, 4.69) is 4.98 Å². The number of morpholine rings is 1. The van der Waals surface area contributed by atoms with Gasteiger partial charge in [0.15, 0.2) is 16.7 Å². The molecule has 0 N–H and O–H groups in total. The van der Waals surface area contributed by atoms with Crippen LogP contribution in [0.2, 0.25) is 0 Å². The number of ether oxygens (including phenoxy) is 3. The number of benzene rings is 2. The summed E-state index contributed by atoms with van der Waals surface area (Å²) < 4.78 is 17.5. The highest BCUT2D eigenvalue weighted by Crippen LogP contribution is 2.30. The zero-order chi connectivity index (χ0) is 21.8. The second-order valence-corrected chi connectivity index (χ2v) is 7.82. The smallest absolute Gasteiger partial charge is 0.266 e. The van der Waals surface area contributed by atoms with Crippen molar-refractivity contribution in [1.29, 1.82) is 0 Å². The second-order valence-electron chi connectivity index (χ2n) is 6.87. The Hall–Kier alpha value is -3.04. The third-order valence-corrected chi connectivity index (χ3v) is 5.98. The predicted octanol–water partition coefficient (Wildman–Crippen LogP) is 2.35. The number of nitrogens with zero attached hydrogens (tertiary/aromatic N) is 3. The molecule has 1 aliphatic heterocycles. The quantitative estimate of drug-likeness (QED) is 0.429. The Bertz CT molecular complexity index is 1160. The number of fused-ring (bicyclic) bond motifs is 1. The summed E-state index contributed by atoms with van der Waals surface area (Å²) in [5.41, 5.74) is 0.965. The second kappa shape index (κ2) is 9.40. The molecule has 9 heteroatoms. The van der Waals surface area contributed by atoms with E-state index in [1.807, 2.05) is 6.07 Å². The lowest BCUT2D eigenvalue weighted by atomic mass is 10.2. The van der Waals surface area contributed by atoms with Crippen molar-refractivity contribution in [2.45, 2.75) is 5.16 Å². The molecule has 8 nitrogen and oxygen atoms in total. The molecule has 31 heavy (non-hydrogen) atoms. The highest BCUT2D eigenvalue weighted by atomic mass is 32.2. The van der Waals surface area contributed by atoms with Gasteiger partial charge in [0.05, 0.1) is 49.8 Å².